The fraction of sp³-hybridized carbons (Fsp3) is 0.304. The van der Waals surface area contributed by atoms with E-state index in [0.29, 0.717) is 23.8 Å². The second-order valence-corrected chi connectivity index (χ2v) is 9.23. The minimum atomic E-state index is -3.69. The minimum Gasteiger partial charge on any atom is -0.496 e. The summed E-state index contributed by atoms with van der Waals surface area (Å²) < 4.78 is 48.7. The molecule has 10 heteroatoms. The van der Waals surface area contributed by atoms with Gasteiger partial charge >= 0.3 is 5.97 Å². The summed E-state index contributed by atoms with van der Waals surface area (Å²) in [5, 5.41) is 4.00. The molecule has 1 N–H and O–H groups in total. The molecule has 1 aliphatic rings. The van der Waals surface area contributed by atoms with Crippen LogP contribution in [0, 0.1) is 0 Å². The lowest BCUT2D eigenvalue weighted by Gasteiger charge is -2.11. The molecule has 1 atom stereocenters. The van der Waals surface area contributed by atoms with E-state index in [1.54, 1.807) is 13.2 Å². The maximum absolute atomic E-state index is 12.4. The summed E-state index contributed by atoms with van der Waals surface area (Å²) in [6, 6.07) is 14.6. The standard InChI is InChI=1S/C23H24N2O7S/c1-29-22-7-3-2-6-20(22)21-13-18(32-25-21)15-31-23(26)16-8-10-19(11-9-16)33(27,28)24-14-17-5-4-12-30-17/h2-3,6-11,13,17,24H,4-5,12,14-15H2,1H3/t17-/m0/s1. The van der Waals surface area contributed by atoms with Crippen molar-refractivity contribution < 1.29 is 31.9 Å². The molecule has 2 aromatic carbocycles. The molecule has 1 saturated heterocycles. The highest BCUT2D eigenvalue weighted by molar-refractivity contribution is 7.89. The molecular weight excluding hydrogens is 448 g/mol. The number of ether oxygens (including phenoxy) is 3. The van der Waals surface area contributed by atoms with Crippen molar-refractivity contribution in [2.24, 2.45) is 0 Å². The maximum Gasteiger partial charge on any atom is 0.338 e. The van der Waals surface area contributed by atoms with Gasteiger partial charge < -0.3 is 18.7 Å². The van der Waals surface area contributed by atoms with Gasteiger partial charge in [0.15, 0.2) is 12.4 Å². The first-order valence-electron chi connectivity index (χ1n) is 10.4. The van der Waals surface area contributed by atoms with Crippen LogP contribution in [0.1, 0.15) is 29.0 Å². The van der Waals surface area contributed by atoms with E-state index in [9.17, 15) is 13.2 Å². The number of nitrogens with zero attached hydrogens (tertiary/aromatic N) is 1. The third kappa shape index (κ3) is 5.59. The molecular formula is C23H24N2O7S. The highest BCUT2D eigenvalue weighted by Gasteiger charge is 2.21. The van der Waals surface area contributed by atoms with Crippen molar-refractivity contribution in [1.82, 2.24) is 9.88 Å². The van der Waals surface area contributed by atoms with E-state index in [-0.39, 0.29) is 29.7 Å². The second kappa shape index (κ2) is 10.2. The first-order chi connectivity index (χ1) is 16.0. The average molecular weight is 473 g/mol. The Hall–Kier alpha value is -3.21. The van der Waals surface area contributed by atoms with Gasteiger partial charge in [0.1, 0.15) is 11.4 Å². The van der Waals surface area contributed by atoms with Gasteiger partial charge in [-0.1, -0.05) is 17.3 Å². The van der Waals surface area contributed by atoms with Gasteiger partial charge in [0.2, 0.25) is 10.0 Å². The van der Waals surface area contributed by atoms with Crippen LogP contribution in [0.15, 0.2) is 64.0 Å². The van der Waals surface area contributed by atoms with Gasteiger partial charge in [-0.15, -0.1) is 0 Å². The van der Waals surface area contributed by atoms with Crippen LogP contribution >= 0.6 is 0 Å². The number of methoxy groups -OCH3 is 1. The van der Waals surface area contributed by atoms with Gasteiger partial charge in [-0.2, -0.15) is 0 Å². The Bertz CT molecular complexity index is 1200. The Kier molecular flexibility index (Phi) is 7.07. The molecule has 1 aliphatic heterocycles. The number of esters is 1. The molecule has 0 radical (unpaired) electrons. The quantitative estimate of drug-likeness (QED) is 0.472. The summed E-state index contributed by atoms with van der Waals surface area (Å²) >= 11 is 0. The maximum atomic E-state index is 12.4. The van der Waals surface area contributed by atoms with Crippen LogP contribution in [0.3, 0.4) is 0 Å². The van der Waals surface area contributed by atoms with Gasteiger partial charge in [0, 0.05) is 24.8 Å². The number of para-hydroxylation sites is 1. The zero-order valence-electron chi connectivity index (χ0n) is 18.0. The summed E-state index contributed by atoms with van der Waals surface area (Å²) in [5.74, 6) is 0.401. The van der Waals surface area contributed by atoms with Crippen LogP contribution in [-0.2, 0) is 26.1 Å². The summed E-state index contributed by atoms with van der Waals surface area (Å²) in [6.45, 7) is 0.753. The molecule has 9 nitrogen and oxygen atoms in total. The van der Waals surface area contributed by atoms with Crippen LogP contribution in [0.2, 0.25) is 0 Å². The summed E-state index contributed by atoms with van der Waals surface area (Å²) in [5.41, 5.74) is 1.53. The number of rotatable bonds is 9. The van der Waals surface area contributed by atoms with Gasteiger partial charge in [-0.25, -0.2) is 17.9 Å². The van der Waals surface area contributed by atoms with Gasteiger partial charge in [-0.05, 0) is 49.2 Å². The second-order valence-electron chi connectivity index (χ2n) is 7.47. The number of aromatic nitrogens is 1. The molecule has 0 unspecified atom stereocenters. The van der Waals surface area contributed by atoms with Gasteiger partial charge in [-0.3, -0.25) is 0 Å². The lowest BCUT2D eigenvalue weighted by Crippen LogP contribution is -2.31. The molecule has 0 aliphatic carbocycles. The Balaban J connectivity index is 1.34. The molecule has 4 rings (SSSR count). The summed E-state index contributed by atoms with van der Waals surface area (Å²) in [4.78, 5) is 12.4. The molecule has 0 bridgehead atoms. The third-order valence-corrected chi connectivity index (χ3v) is 6.65. The number of hydrogen-bond donors (Lipinski definition) is 1. The van der Waals surface area contributed by atoms with E-state index in [0.717, 1.165) is 18.4 Å². The lowest BCUT2D eigenvalue weighted by molar-refractivity contribution is 0.0437. The molecule has 0 amide bonds. The fourth-order valence-corrected chi connectivity index (χ4v) is 4.51. The van der Waals surface area contributed by atoms with E-state index in [2.05, 4.69) is 9.88 Å². The molecule has 0 saturated carbocycles. The number of sulfonamides is 1. The zero-order valence-corrected chi connectivity index (χ0v) is 18.8. The lowest BCUT2D eigenvalue weighted by atomic mass is 10.1. The summed E-state index contributed by atoms with van der Waals surface area (Å²) in [6.07, 6.45) is 1.66. The van der Waals surface area contributed by atoms with Gasteiger partial charge in [0.05, 0.1) is 23.7 Å². The number of nitrogens with one attached hydrogen (secondary N) is 1. The van der Waals surface area contributed by atoms with E-state index < -0.39 is 16.0 Å². The SMILES string of the molecule is COc1ccccc1-c1cc(COC(=O)c2ccc(S(=O)(=O)NC[C@@H]3CCCO3)cc2)on1. The van der Waals surface area contributed by atoms with Crippen LogP contribution in [0.4, 0.5) is 0 Å². The van der Waals surface area contributed by atoms with Crippen molar-refractivity contribution in [1.29, 1.82) is 0 Å². The zero-order chi connectivity index (χ0) is 23.3. The predicted octanol–water partition coefficient (Wildman–Crippen LogP) is 3.16. The average Bonchev–Trinajstić information content (AvgIpc) is 3.54. The van der Waals surface area contributed by atoms with E-state index in [4.69, 9.17) is 18.7 Å². The van der Waals surface area contributed by atoms with Crippen LogP contribution in [-0.4, -0.2) is 45.9 Å². The van der Waals surface area contributed by atoms with E-state index >= 15 is 0 Å². The predicted molar refractivity (Wildman–Crippen MR) is 118 cm³/mol. The summed E-state index contributed by atoms with van der Waals surface area (Å²) in [7, 11) is -2.12. The smallest absolute Gasteiger partial charge is 0.338 e. The number of hydrogen-bond acceptors (Lipinski definition) is 8. The highest BCUT2D eigenvalue weighted by atomic mass is 32.2. The normalized spacial score (nSPS) is 16.0. The van der Waals surface area contributed by atoms with Crippen molar-refractivity contribution in [3.8, 4) is 17.0 Å². The topological polar surface area (TPSA) is 117 Å². The number of benzene rings is 2. The number of carbonyl (C=O) groups is 1. The Morgan fingerprint density at radius 2 is 1.97 bits per heavy atom. The molecule has 174 valence electrons. The van der Waals surface area contributed by atoms with Crippen LogP contribution < -0.4 is 9.46 Å². The number of carbonyl (C=O) groups excluding carboxylic acids is 1. The first kappa shape index (κ1) is 23.0. The van der Waals surface area contributed by atoms with Crippen molar-refractivity contribution in [2.45, 2.75) is 30.4 Å². The fourth-order valence-electron chi connectivity index (χ4n) is 3.45. The van der Waals surface area contributed by atoms with Crippen LogP contribution in [0.25, 0.3) is 11.3 Å². The van der Waals surface area contributed by atoms with E-state index in [1.165, 1.54) is 24.3 Å². The van der Waals surface area contributed by atoms with Crippen molar-refractivity contribution in [3.05, 3.63) is 65.9 Å². The first-order valence-corrected chi connectivity index (χ1v) is 11.9. The molecule has 33 heavy (non-hydrogen) atoms. The van der Waals surface area contributed by atoms with E-state index in [1.807, 2.05) is 24.3 Å². The Labute approximate surface area is 191 Å². The molecule has 1 aromatic heterocycles. The Morgan fingerprint density at radius 1 is 1.18 bits per heavy atom. The molecule has 0 spiro atoms. The Morgan fingerprint density at radius 3 is 2.70 bits per heavy atom. The van der Waals surface area contributed by atoms with Crippen LogP contribution in [0.5, 0.6) is 5.75 Å². The third-order valence-electron chi connectivity index (χ3n) is 5.21. The monoisotopic (exact) mass is 472 g/mol. The van der Waals surface area contributed by atoms with Crippen molar-refractivity contribution >= 4 is 16.0 Å². The molecule has 1 fully saturated rings. The van der Waals surface area contributed by atoms with Crippen molar-refractivity contribution in [2.75, 3.05) is 20.3 Å². The highest BCUT2D eigenvalue weighted by Crippen LogP contribution is 2.29. The molecule has 3 aromatic rings. The largest absolute Gasteiger partial charge is 0.496 e. The van der Waals surface area contributed by atoms with Crippen molar-refractivity contribution in [3.63, 3.8) is 0 Å². The molecule has 2 heterocycles. The minimum absolute atomic E-state index is 0.0636. The van der Waals surface area contributed by atoms with Gasteiger partial charge in [0.25, 0.3) is 0 Å².